The van der Waals surface area contributed by atoms with E-state index in [-0.39, 0.29) is 0 Å². The van der Waals surface area contributed by atoms with Crippen molar-refractivity contribution < 1.29 is 14.2 Å². The third kappa shape index (κ3) is 3.18. The van der Waals surface area contributed by atoms with Crippen molar-refractivity contribution in [3.8, 4) is 11.5 Å². The van der Waals surface area contributed by atoms with Crippen LogP contribution < -0.4 is 25.0 Å². The van der Waals surface area contributed by atoms with Gasteiger partial charge in [-0.3, -0.25) is 4.99 Å². The summed E-state index contributed by atoms with van der Waals surface area (Å²) in [6, 6.07) is 6.93. The molecule has 0 amide bonds. The quantitative estimate of drug-likeness (QED) is 0.570. The Morgan fingerprint density at radius 2 is 1.90 bits per heavy atom. The van der Waals surface area contributed by atoms with E-state index in [1.807, 2.05) is 13.1 Å². The minimum absolute atomic E-state index is 0.359. The summed E-state index contributed by atoms with van der Waals surface area (Å²) in [4.78, 5) is 6.94. The van der Waals surface area contributed by atoms with Gasteiger partial charge in [0, 0.05) is 74.0 Å². The molecule has 4 aliphatic rings. The van der Waals surface area contributed by atoms with E-state index in [2.05, 4.69) is 32.7 Å². The van der Waals surface area contributed by atoms with E-state index < -0.39 is 0 Å². The first kappa shape index (κ1) is 19.8. The maximum Gasteiger partial charge on any atom is 0.191 e. The molecule has 0 bridgehead atoms. The molecule has 7 heteroatoms. The summed E-state index contributed by atoms with van der Waals surface area (Å²) in [7, 11) is 5.26. The van der Waals surface area contributed by atoms with Gasteiger partial charge in [0.1, 0.15) is 11.5 Å². The lowest BCUT2D eigenvalue weighted by molar-refractivity contribution is -0.171. The van der Waals surface area contributed by atoms with E-state index >= 15 is 0 Å². The average Bonchev–Trinajstić information content (AvgIpc) is 3.37. The number of aliphatic imine (C=N–C) groups is 1. The molecule has 4 fully saturated rings. The third-order valence-electron chi connectivity index (χ3n) is 7.78. The number of guanidine groups is 1. The Balaban J connectivity index is 1.21. The van der Waals surface area contributed by atoms with Crippen LogP contribution in [0.15, 0.2) is 23.2 Å². The van der Waals surface area contributed by atoms with Crippen molar-refractivity contribution in [2.45, 2.75) is 50.3 Å². The second-order valence-electron chi connectivity index (χ2n) is 9.17. The predicted octanol–water partition coefficient (Wildman–Crippen LogP) is 2.41. The SMILES string of the molecule is CN=C(NC1CCN(c2cc(OC)cc(OC)c2)C1)NC1C2CCOC2C12CCC2. The fraction of sp³-hybridized carbons (Fsp3) is 0.696. The van der Waals surface area contributed by atoms with E-state index in [4.69, 9.17) is 14.2 Å². The smallest absolute Gasteiger partial charge is 0.191 e. The van der Waals surface area contributed by atoms with Gasteiger partial charge < -0.3 is 29.7 Å². The van der Waals surface area contributed by atoms with Crippen molar-refractivity contribution in [3.63, 3.8) is 0 Å². The van der Waals surface area contributed by atoms with Gasteiger partial charge in [-0.2, -0.15) is 0 Å². The molecule has 2 saturated heterocycles. The highest BCUT2D eigenvalue weighted by Crippen LogP contribution is 2.62. The molecule has 0 aromatic heterocycles. The molecule has 4 atom stereocenters. The molecule has 1 spiro atoms. The van der Waals surface area contributed by atoms with Crippen molar-refractivity contribution in [2.75, 3.05) is 45.9 Å². The molecule has 2 aliphatic heterocycles. The van der Waals surface area contributed by atoms with E-state index in [1.54, 1.807) is 14.2 Å². The van der Waals surface area contributed by atoms with Crippen LogP contribution in [0.5, 0.6) is 11.5 Å². The van der Waals surface area contributed by atoms with Crippen LogP contribution in [0.2, 0.25) is 0 Å². The molecule has 5 rings (SSSR count). The Kier molecular flexibility index (Phi) is 5.17. The monoisotopic (exact) mass is 414 g/mol. The minimum atomic E-state index is 0.359. The molecular formula is C23H34N4O3. The second kappa shape index (κ2) is 7.84. The first-order valence-electron chi connectivity index (χ1n) is 11.3. The highest BCUT2D eigenvalue weighted by molar-refractivity contribution is 5.81. The summed E-state index contributed by atoms with van der Waals surface area (Å²) in [5.74, 6) is 3.23. The molecule has 0 radical (unpaired) electrons. The van der Waals surface area contributed by atoms with Crippen molar-refractivity contribution >= 4 is 11.6 Å². The number of hydrogen-bond donors (Lipinski definition) is 2. The van der Waals surface area contributed by atoms with Gasteiger partial charge in [0.2, 0.25) is 0 Å². The Hall–Kier alpha value is -2.15. The molecule has 1 aromatic rings. The standard InChI is InChI=1S/C23H34N4O3/c1-24-22(26-20-19-6-10-30-21(19)23(20)7-4-8-23)25-15-5-9-27(14-15)16-11-17(28-2)13-18(12-16)29-3/h11-13,15,19-21H,4-10,14H2,1-3H3,(H2,24,25,26). The summed E-state index contributed by atoms with van der Waals surface area (Å²) >= 11 is 0. The van der Waals surface area contributed by atoms with Crippen LogP contribution in [-0.2, 0) is 4.74 Å². The number of rotatable bonds is 5. The molecule has 2 saturated carbocycles. The van der Waals surface area contributed by atoms with Crippen molar-refractivity contribution in [3.05, 3.63) is 18.2 Å². The van der Waals surface area contributed by atoms with Crippen molar-refractivity contribution in [1.82, 2.24) is 10.6 Å². The lowest BCUT2D eigenvalue weighted by Gasteiger charge is -2.63. The fourth-order valence-corrected chi connectivity index (χ4v) is 6.05. The van der Waals surface area contributed by atoms with Gasteiger partial charge in [-0.1, -0.05) is 6.42 Å². The fourth-order valence-electron chi connectivity index (χ4n) is 6.05. The van der Waals surface area contributed by atoms with Crippen LogP contribution in [0.25, 0.3) is 0 Å². The van der Waals surface area contributed by atoms with Gasteiger partial charge in [0.25, 0.3) is 0 Å². The molecule has 164 valence electrons. The number of ether oxygens (including phenoxy) is 3. The second-order valence-corrected chi connectivity index (χ2v) is 9.17. The summed E-state index contributed by atoms with van der Waals surface area (Å²) in [5, 5.41) is 7.47. The van der Waals surface area contributed by atoms with Gasteiger partial charge in [-0.05, 0) is 25.7 Å². The number of nitrogens with zero attached hydrogens (tertiary/aromatic N) is 2. The van der Waals surface area contributed by atoms with Crippen molar-refractivity contribution in [1.29, 1.82) is 0 Å². The third-order valence-corrected chi connectivity index (χ3v) is 7.78. The van der Waals surface area contributed by atoms with Gasteiger partial charge in [0.05, 0.1) is 20.3 Å². The number of methoxy groups -OCH3 is 2. The van der Waals surface area contributed by atoms with Gasteiger partial charge in [-0.15, -0.1) is 0 Å². The zero-order chi connectivity index (χ0) is 20.7. The summed E-state index contributed by atoms with van der Waals surface area (Å²) in [6.45, 7) is 2.85. The predicted molar refractivity (Wildman–Crippen MR) is 118 cm³/mol. The van der Waals surface area contributed by atoms with Gasteiger partial charge in [-0.25, -0.2) is 0 Å². The largest absolute Gasteiger partial charge is 0.497 e. The summed E-state index contributed by atoms with van der Waals surface area (Å²) < 4.78 is 16.9. The molecular weight excluding hydrogens is 380 g/mol. The Morgan fingerprint density at radius 1 is 1.13 bits per heavy atom. The van der Waals surface area contributed by atoms with Crippen LogP contribution in [0, 0.1) is 11.3 Å². The lowest BCUT2D eigenvalue weighted by atomic mass is 9.46. The molecule has 1 aromatic carbocycles. The summed E-state index contributed by atoms with van der Waals surface area (Å²) in [5.41, 5.74) is 1.49. The molecule has 30 heavy (non-hydrogen) atoms. The van der Waals surface area contributed by atoms with E-state index in [0.717, 1.165) is 49.3 Å². The van der Waals surface area contributed by atoms with Crippen LogP contribution in [-0.4, -0.2) is 65.1 Å². The van der Waals surface area contributed by atoms with Crippen LogP contribution in [0.3, 0.4) is 0 Å². The van der Waals surface area contributed by atoms with E-state index in [1.165, 1.54) is 25.7 Å². The average molecular weight is 415 g/mol. The van der Waals surface area contributed by atoms with Crippen LogP contribution in [0.4, 0.5) is 5.69 Å². The maximum atomic E-state index is 6.06. The highest BCUT2D eigenvalue weighted by Gasteiger charge is 2.66. The lowest BCUT2D eigenvalue weighted by Crippen LogP contribution is -2.72. The van der Waals surface area contributed by atoms with E-state index in [0.29, 0.717) is 29.5 Å². The first-order valence-corrected chi connectivity index (χ1v) is 11.3. The zero-order valence-electron chi connectivity index (χ0n) is 18.3. The zero-order valence-corrected chi connectivity index (χ0v) is 18.3. The number of hydrogen-bond acceptors (Lipinski definition) is 5. The Morgan fingerprint density at radius 3 is 2.53 bits per heavy atom. The van der Waals surface area contributed by atoms with E-state index in [9.17, 15) is 0 Å². The van der Waals surface area contributed by atoms with Gasteiger partial charge >= 0.3 is 0 Å². The normalized spacial score (nSPS) is 31.7. The number of anilines is 1. The molecule has 2 N–H and O–H groups in total. The topological polar surface area (TPSA) is 67.4 Å². The Labute approximate surface area is 179 Å². The first-order chi connectivity index (χ1) is 14.7. The van der Waals surface area contributed by atoms with Crippen molar-refractivity contribution in [2.24, 2.45) is 16.3 Å². The molecule has 7 nitrogen and oxygen atoms in total. The summed E-state index contributed by atoms with van der Waals surface area (Å²) in [6.07, 6.45) is 6.64. The number of nitrogens with one attached hydrogen (secondary N) is 2. The van der Waals surface area contributed by atoms with Crippen LogP contribution in [0.1, 0.15) is 32.1 Å². The number of benzene rings is 1. The van der Waals surface area contributed by atoms with Crippen LogP contribution >= 0.6 is 0 Å². The highest BCUT2D eigenvalue weighted by atomic mass is 16.5. The van der Waals surface area contributed by atoms with Gasteiger partial charge in [0.15, 0.2) is 5.96 Å². The maximum absolute atomic E-state index is 6.06. The minimum Gasteiger partial charge on any atom is -0.497 e. The molecule has 4 unspecified atom stereocenters. The molecule has 2 heterocycles. The Bertz CT molecular complexity index is 787. The number of fused-ring (bicyclic) bond motifs is 2. The molecule has 2 aliphatic carbocycles.